The number of rotatable bonds is 6. The Balaban J connectivity index is 2.03. The van der Waals surface area contributed by atoms with E-state index in [1.165, 1.54) is 33.5 Å². The van der Waals surface area contributed by atoms with Crippen LogP contribution >= 0.6 is 0 Å². The van der Waals surface area contributed by atoms with Gasteiger partial charge in [-0.1, -0.05) is 81.0 Å². The van der Waals surface area contributed by atoms with E-state index < -0.39 is 0 Å². The quantitative estimate of drug-likeness (QED) is 0.505. The van der Waals surface area contributed by atoms with Crippen LogP contribution in [0, 0.1) is 12.8 Å². The van der Waals surface area contributed by atoms with Crippen LogP contribution in [0.3, 0.4) is 0 Å². The number of hydrogen-bond donors (Lipinski definition) is 0. The van der Waals surface area contributed by atoms with E-state index in [0.717, 1.165) is 0 Å². The van der Waals surface area contributed by atoms with Gasteiger partial charge in [0.25, 0.3) is 0 Å². The van der Waals surface area contributed by atoms with Crippen molar-refractivity contribution in [1.82, 2.24) is 0 Å². The SMILES string of the molecule is CC1=CC=CC1c1cc(C(C)C(C)C)cc(C(C)N(C)c2ccccc2C)c1. The Morgan fingerprint density at radius 3 is 2.18 bits per heavy atom. The lowest BCUT2D eigenvalue weighted by atomic mass is 9.84. The Kier molecular flexibility index (Phi) is 6.13. The molecule has 3 unspecified atom stereocenters. The Bertz CT molecular complexity index is 887. The van der Waals surface area contributed by atoms with Crippen molar-refractivity contribution < 1.29 is 0 Å². The zero-order chi connectivity index (χ0) is 20.4. The molecule has 0 radical (unpaired) electrons. The van der Waals surface area contributed by atoms with Crippen molar-refractivity contribution in [2.24, 2.45) is 5.92 Å². The van der Waals surface area contributed by atoms with Gasteiger partial charge in [-0.05, 0) is 60.9 Å². The van der Waals surface area contributed by atoms with Crippen molar-refractivity contribution in [2.75, 3.05) is 11.9 Å². The third-order valence-corrected chi connectivity index (χ3v) is 6.60. The molecular weight excluding hydrogens is 338 g/mol. The maximum absolute atomic E-state index is 2.44. The molecule has 0 N–H and O–H groups in total. The smallest absolute Gasteiger partial charge is 0.0511 e. The first kappa shape index (κ1) is 20.5. The maximum atomic E-state index is 2.44. The fourth-order valence-electron chi connectivity index (χ4n) is 4.11. The number of anilines is 1. The number of allylic oxidation sites excluding steroid dienone is 4. The molecule has 0 aliphatic heterocycles. The van der Waals surface area contributed by atoms with E-state index in [9.17, 15) is 0 Å². The molecule has 0 fully saturated rings. The second kappa shape index (κ2) is 8.39. The Labute approximate surface area is 171 Å². The maximum Gasteiger partial charge on any atom is 0.0511 e. The Morgan fingerprint density at radius 1 is 0.893 bits per heavy atom. The van der Waals surface area contributed by atoms with Crippen LogP contribution in [-0.2, 0) is 0 Å². The number of benzene rings is 2. The molecule has 28 heavy (non-hydrogen) atoms. The van der Waals surface area contributed by atoms with Crippen LogP contribution in [0.2, 0.25) is 0 Å². The highest BCUT2D eigenvalue weighted by molar-refractivity contribution is 5.55. The first-order chi connectivity index (χ1) is 13.3. The summed E-state index contributed by atoms with van der Waals surface area (Å²) >= 11 is 0. The van der Waals surface area contributed by atoms with Gasteiger partial charge in [-0.3, -0.25) is 0 Å². The van der Waals surface area contributed by atoms with Gasteiger partial charge in [-0.25, -0.2) is 0 Å². The summed E-state index contributed by atoms with van der Waals surface area (Å²) in [6.07, 6.45) is 6.76. The summed E-state index contributed by atoms with van der Waals surface area (Å²) in [5.41, 5.74) is 8.34. The number of nitrogens with zero attached hydrogens (tertiary/aromatic N) is 1. The predicted octanol–water partition coefficient (Wildman–Crippen LogP) is 7.55. The van der Waals surface area contributed by atoms with Crippen LogP contribution in [0.15, 0.2) is 66.3 Å². The number of para-hydroxylation sites is 1. The molecule has 0 saturated heterocycles. The third-order valence-electron chi connectivity index (χ3n) is 6.60. The molecule has 0 saturated carbocycles. The minimum atomic E-state index is 0.314. The minimum absolute atomic E-state index is 0.314. The van der Waals surface area contributed by atoms with E-state index >= 15 is 0 Å². The summed E-state index contributed by atoms with van der Waals surface area (Å²) in [6, 6.07) is 16.3. The average molecular weight is 374 g/mol. The molecule has 1 nitrogen and oxygen atoms in total. The summed E-state index contributed by atoms with van der Waals surface area (Å²) in [4.78, 5) is 2.41. The monoisotopic (exact) mass is 373 g/mol. The molecule has 3 rings (SSSR count). The molecule has 0 spiro atoms. The molecule has 2 aromatic carbocycles. The summed E-state index contributed by atoms with van der Waals surface area (Å²) in [7, 11) is 2.21. The van der Waals surface area contributed by atoms with Gasteiger partial charge in [-0.2, -0.15) is 0 Å². The van der Waals surface area contributed by atoms with Crippen LogP contribution in [-0.4, -0.2) is 7.05 Å². The van der Waals surface area contributed by atoms with Gasteiger partial charge in [0, 0.05) is 18.7 Å². The molecule has 148 valence electrons. The van der Waals surface area contributed by atoms with Crippen molar-refractivity contribution in [1.29, 1.82) is 0 Å². The molecule has 0 aromatic heterocycles. The standard InChI is InChI=1S/C27H35N/c1-18(2)21(5)23-15-24(17-25(16-23)26-13-10-12-19(26)3)22(6)28(7)27-14-9-8-11-20(27)4/h8-18,21-22,26H,1-7H3. The zero-order valence-corrected chi connectivity index (χ0v) is 18.5. The van der Waals surface area contributed by atoms with E-state index in [2.05, 4.69) is 114 Å². The number of hydrogen-bond acceptors (Lipinski definition) is 1. The summed E-state index contributed by atoms with van der Waals surface area (Å²) in [6.45, 7) is 13.8. The van der Waals surface area contributed by atoms with Crippen molar-refractivity contribution >= 4 is 5.69 Å². The van der Waals surface area contributed by atoms with Crippen LogP contribution in [0.1, 0.15) is 74.8 Å². The second-order valence-corrected chi connectivity index (χ2v) is 8.81. The molecular formula is C27H35N. The summed E-state index contributed by atoms with van der Waals surface area (Å²) in [5, 5.41) is 0. The first-order valence-corrected chi connectivity index (χ1v) is 10.6. The minimum Gasteiger partial charge on any atom is -0.368 e. The topological polar surface area (TPSA) is 3.24 Å². The lowest BCUT2D eigenvalue weighted by Crippen LogP contribution is -2.23. The van der Waals surface area contributed by atoms with Crippen LogP contribution in [0.5, 0.6) is 0 Å². The van der Waals surface area contributed by atoms with Crippen LogP contribution in [0.4, 0.5) is 5.69 Å². The fraction of sp³-hybridized carbons (Fsp3) is 0.407. The summed E-state index contributed by atoms with van der Waals surface area (Å²) < 4.78 is 0. The first-order valence-electron chi connectivity index (χ1n) is 10.6. The highest BCUT2D eigenvalue weighted by Gasteiger charge is 2.21. The van der Waals surface area contributed by atoms with E-state index in [-0.39, 0.29) is 0 Å². The van der Waals surface area contributed by atoms with Crippen molar-refractivity contribution in [3.8, 4) is 0 Å². The van der Waals surface area contributed by atoms with E-state index in [1.54, 1.807) is 0 Å². The number of aryl methyl sites for hydroxylation is 1. The zero-order valence-electron chi connectivity index (χ0n) is 18.5. The van der Waals surface area contributed by atoms with Crippen molar-refractivity contribution in [3.63, 3.8) is 0 Å². The highest BCUT2D eigenvalue weighted by Crippen LogP contribution is 2.37. The van der Waals surface area contributed by atoms with Gasteiger partial charge in [-0.15, -0.1) is 0 Å². The fourth-order valence-corrected chi connectivity index (χ4v) is 4.11. The van der Waals surface area contributed by atoms with Gasteiger partial charge in [0.15, 0.2) is 0 Å². The molecule has 0 bridgehead atoms. The Hall–Kier alpha value is -2.28. The van der Waals surface area contributed by atoms with Gasteiger partial charge < -0.3 is 4.90 Å². The largest absolute Gasteiger partial charge is 0.368 e. The Morgan fingerprint density at radius 2 is 1.57 bits per heavy atom. The molecule has 1 aliphatic carbocycles. The molecule has 2 aromatic rings. The van der Waals surface area contributed by atoms with Gasteiger partial charge in [0.1, 0.15) is 0 Å². The summed E-state index contributed by atoms with van der Waals surface area (Å²) in [5.74, 6) is 1.58. The van der Waals surface area contributed by atoms with Gasteiger partial charge in [0.2, 0.25) is 0 Å². The lowest BCUT2D eigenvalue weighted by molar-refractivity contribution is 0.533. The van der Waals surface area contributed by atoms with Crippen LogP contribution < -0.4 is 4.90 Å². The van der Waals surface area contributed by atoms with Crippen molar-refractivity contribution in [3.05, 3.63) is 88.5 Å². The molecule has 0 heterocycles. The average Bonchev–Trinajstić information content (AvgIpc) is 3.12. The van der Waals surface area contributed by atoms with Crippen LogP contribution in [0.25, 0.3) is 0 Å². The van der Waals surface area contributed by atoms with E-state index in [1.807, 2.05) is 0 Å². The highest BCUT2D eigenvalue weighted by atomic mass is 15.1. The predicted molar refractivity (Wildman–Crippen MR) is 123 cm³/mol. The lowest BCUT2D eigenvalue weighted by Gasteiger charge is -2.30. The normalized spacial score (nSPS) is 18.3. The third kappa shape index (κ3) is 4.09. The second-order valence-electron chi connectivity index (χ2n) is 8.81. The van der Waals surface area contributed by atoms with E-state index in [0.29, 0.717) is 23.8 Å². The van der Waals surface area contributed by atoms with Gasteiger partial charge >= 0.3 is 0 Å². The molecule has 1 heteroatoms. The van der Waals surface area contributed by atoms with Gasteiger partial charge in [0.05, 0.1) is 6.04 Å². The van der Waals surface area contributed by atoms with Crippen molar-refractivity contribution in [2.45, 2.75) is 59.4 Å². The molecule has 0 amide bonds. The molecule has 1 aliphatic rings. The molecule has 3 atom stereocenters. The van der Waals surface area contributed by atoms with E-state index in [4.69, 9.17) is 0 Å².